The van der Waals surface area contributed by atoms with E-state index in [1.54, 1.807) is 0 Å². The van der Waals surface area contributed by atoms with Crippen LogP contribution in [0.1, 0.15) is 20.8 Å². The van der Waals surface area contributed by atoms with E-state index in [2.05, 4.69) is 29.1 Å². The zero-order valence-electron chi connectivity index (χ0n) is 12.3. The standard InChI is InChI=1S/C13H27N3O2/c1-6-18-12(17)13(3,14-4)10-16-8-7-15(5)9-11(16)2/h11,14H,6-10H2,1-5H3. The van der Waals surface area contributed by atoms with Crippen molar-refractivity contribution in [2.24, 2.45) is 0 Å². The second-order valence-electron chi connectivity index (χ2n) is 5.38. The van der Waals surface area contributed by atoms with E-state index < -0.39 is 5.54 Å². The van der Waals surface area contributed by atoms with Gasteiger partial charge in [-0.15, -0.1) is 0 Å². The summed E-state index contributed by atoms with van der Waals surface area (Å²) in [4.78, 5) is 16.7. The van der Waals surface area contributed by atoms with Crippen LogP contribution in [-0.2, 0) is 9.53 Å². The first-order valence-corrected chi connectivity index (χ1v) is 6.71. The highest BCUT2D eigenvalue weighted by Crippen LogP contribution is 2.15. The summed E-state index contributed by atoms with van der Waals surface area (Å²) in [6.07, 6.45) is 0. The van der Waals surface area contributed by atoms with Gasteiger partial charge in [0.1, 0.15) is 5.54 Å². The smallest absolute Gasteiger partial charge is 0.327 e. The maximum absolute atomic E-state index is 12.0. The fourth-order valence-electron chi connectivity index (χ4n) is 2.35. The van der Waals surface area contributed by atoms with Gasteiger partial charge in [-0.2, -0.15) is 0 Å². The molecule has 0 radical (unpaired) electrons. The van der Waals surface area contributed by atoms with E-state index in [4.69, 9.17) is 4.74 Å². The van der Waals surface area contributed by atoms with Gasteiger partial charge in [0.2, 0.25) is 0 Å². The average Bonchev–Trinajstić information content (AvgIpc) is 2.33. The molecule has 0 aliphatic carbocycles. The van der Waals surface area contributed by atoms with Crippen molar-refractivity contribution in [1.82, 2.24) is 15.1 Å². The van der Waals surface area contributed by atoms with Gasteiger partial charge in [0, 0.05) is 32.2 Å². The molecular formula is C13H27N3O2. The summed E-state index contributed by atoms with van der Waals surface area (Å²) < 4.78 is 5.16. The highest BCUT2D eigenvalue weighted by molar-refractivity contribution is 5.80. The van der Waals surface area contributed by atoms with Crippen LogP contribution in [0.4, 0.5) is 0 Å². The van der Waals surface area contributed by atoms with Crippen LogP contribution in [0.5, 0.6) is 0 Å². The van der Waals surface area contributed by atoms with Crippen molar-refractivity contribution >= 4 is 5.97 Å². The number of piperazine rings is 1. The lowest BCUT2D eigenvalue weighted by molar-refractivity contribution is -0.151. The SMILES string of the molecule is CCOC(=O)C(C)(CN1CCN(C)CC1C)NC. The van der Waals surface area contributed by atoms with Crippen molar-refractivity contribution in [2.45, 2.75) is 32.4 Å². The monoisotopic (exact) mass is 257 g/mol. The Bertz CT molecular complexity index is 285. The van der Waals surface area contributed by atoms with Crippen molar-refractivity contribution in [3.63, 3.8) is 0 Å². The molecule has 1 N–H and O–H groups in total. The van der Waals surface area contributed by atoms with Crippen molar-refractivity contribution < 1.29 is 9.53 Å². The highest BCUT2D eigenvalue weighted by atomic mass is 16.5. The molecule has 0 aromatic heterocycles. The molecule has 2 unspecified atom stereocenters. The Labute approximate surface area is 110 Å². The topological polar surface area (TPSA) is 44.8 Å². The first-order valence-electron chi connectivity index (χ1n) is 6.71. The number of nitrogens with zero attached hydrogens (tertiary/aromatic N) is 2. The molecule has 0 aromatic rings. The van der Waals surface area contributed by atoms with Crippen LogP contribution in [0.3, 0.4) is 0 Å². The third-order valence-corrected chi connectivity index (χ3v) is 3.77. The maximum Gasteiger partial charge on any atom is 0.327 e. The molecule has 0 amide bonds. The van der Waals surface area contributed by atoms with Gasteiger partial charge in [0.25, 0.3) is 0 Å². The van der Waals surface area contributed by atoms with Crippen LogP contribution in [0.15, 0.2) is 0 Å². The Kier molecular flexibility index (Phi) is 5.56. The number of rotatable bonds is 5. The lowest BCUT2D eigenvalue weighted by atomic mass is 10.0. The van der Waals surface area contributed by atoms with Gasteiger partial charge in [-0.05, 0) is 34.9 Å². The number of likely N-dealkylation sites (N-methyl/N-ethyl adjacent to an activating group) is 2. The van der Waals surface area contributed by atoms with Crippen molar-refractivity contribution in [1.29, 1.82) is 0 Å². The number of esters is 1. The second kappa shape index (κ2) is 6.50. The first kappa shape index (κ1) is 15.4. The van der Waals surface area contributed by atoms with Crippen LogP contribution in [0, 0.1) is 0 Å². The first-order chi connectivity index (χ1) is 8.42. The van der Waals surface area contributed by atoms with E-state index in [1.165, 1.54) is 0 Å². The van der Waals surface area contributed by atoms with Gasteiger partial charge < -0.3 is 15.0 Å². The molecule has 1 rings (SSSR count). The normalized spacial score (nSPS) is 25.7. The largest absolute Gasteiger partial charge is 0.465 e. The molecule has 5 nitrogen and oxygen atoms in total. The second-order valence-corrected chi connectivity index (χ2v) is 5.38. The molecule has 0 bridgehead atoms. The Morgan fingerprint density at radius 1 is 1.50 bits per heavy atom. The lowest BCUT2D eigenvalue weighted by Gasteiger charge is -2.42. The molecular weight excluding hydrogens is 230 g/mol. The minimum absolute atomic E-state index is 0.168. The zero-order valence-corrected chi connectivity index (χ0v) is 12.3. The van der Waals surface area contributed by atoms with Crippen LogP contribution in [0.25, 0.3) is 0 Å². The summed E-state index contributed by atoms with van der Waals surface area (Å²) in [5.41, 5.74) is -0.625. The van der Waals surface area contributed by atoms with E-state index in [0.717, 1.165) is 19.6 Å². The Balaban J connectivity index is 2.64. The molecule has 0 aromatic carbocycles. The summed E-state index contributed by atoms with van der Waals surface area (Å²) in [5, 5.41) is 3.11. The number of hydrogen-bond acceptors (Lipinski definition) is 5. The number of carbonyl (C=O) groups is 1. The number of nitrogens with one attached hydrogen (secondary N) is 1. The van der Waals surface area contributed by atoms with Gasteiger partial charge in [-0.25, -0.2) is 0 Å². The van der Waals surface area contributed by atoms with Gasteiger partial charge in [0.05, 0.1) is 6.61 Å². The molecule has 1 heterocycles. The molecule has 0 spiro atoms. The lowest BCUT2D eigenvalue weighted by Crippen LogP contribution is -2.61. The van der Waals surface area contributed by atoms with Crippen LogP contribution in [-0.4, -0.2) is 74.2 Å². The van der Waals surface area contributed by atoms with Gasteiger partial charge in [-0.1, -0.05) is 0 Å². The molecule has 0 saturated carbocycles. The van der Waals surface area contributed by atoms with Gasteiger partial charge >= 0.3 is 5.97 Å². The van der Waals surface area contributed by atoms with Gasteiger partial charge in [-0.3, -0.25) is 9.69 Å². The predicted octanol–water partition coefficient (Wildman–Crippen LogP) is 0.164. The number of hydrogen-bond donors (Lipinski definition) is 1. The minimum atomic E-state index is -0.625. The molecule has 106 valence electrons. The summed E-state index contributed by atoms with van der Waals surface area (Å²) in [6.45, 7) is 10.2. The van der Waals surface area contributed by atoms with Crippen LogP contribution in [0.2, 0.25) is 0 Å². The van der Waals surface area contributed by atoms with E-state index in [1.807, 2.05) is 20.9 Å². The maximum atomic E-state index is 12.0. The Morgan fingerprint density at radius 3 is 2.67 bits per heavy atom. The Morgan fingerprint density at radius 2 is 2.17 bits per heavy atom. The zero-order chi connectivity index (χ0) is 13.8. The van der Waals surface area contributed by atoms with Crippen molar-refractivity contribution in [3.05, 3.63) is 0 Å². The van der Waals surface area contributed by atoms with Crippen LogP contribution >= 0.6 is 0 Å². The number of ether oxygens (including phenoxy) is 1. The summed E-state index contributed by atoms with van der Waals surface area (Å²) in [7, 11) is 3.95. The Hall–Kier alpha value is -0.650. The van der Waals surface area contributed by atoms with Crippen molar-refractivity contribution in [3.8, 4) is 0 Å². The fraction of sp³-hybridized carbons (Fsp3) is 0.923. The van der Waals surface area contributed by atoms with Gasteiger partial charge in [0.15, 0.2) is 0 Å². The van der Waals surface area contributed by atoms with Crippen LogP contribution < -0.4 is 5.32 Å². The summed E-state index contributed by atoms with van der Waals surface area (Å²) >= 11 is 0. The quantitative estimate of drug-likeness (QED) is 0.711. The van der Waals surface area contributed by atoms with Crippen molar-refractivity contribution in [2.75, 3.05) is 46.9 Å². The molecule has 1 fully saturated rings. The van der Waals surface area contributed by atoms with E-state index >= 15 is 0 Å². The third kappa shape index (κ3) is 3.67. The van der Waals surface area contributed by atoms with E-state index in [-0.39, 0.29) is 5.97 Å². The molecule has 5 heteroatoms. The molecule has 1 aliphatic heterocycles. The molecule has 2 atom stereocenters. The predicted molar refractivity (Wildman–Crippen MR) is 72.6 cm³/mol. The fourth-order valence-corrected chi connectivity index (χ4v) is 2.35. The highest BCUT2D eigenvalue weighted by Gasteiger charge is 2.37. The minimum Gasteiger partial charge on any atom is -0.465 e. The summed E-state index contributed by atoms with van der Waals surface area (Å²) in [5.74, 6) is -0.168. The third-order valence-electron chi connectivity index (χ3n) is 3.77. The number of carbonyl (C=O) groups excluding carboxylic acids is 1. The average molecular weight is 257 g/mol. The molecule has 18 heavy (non-hydrogen) atoms. The molecule has 1 saturated heterocycles. The van der Waals surface area contributed by atoms with E-state index in [9.17, 15) is 4.79 Å². The molecule has 1 aliphatic rings. The van der Waals surface area contributed by atoms with E-state index in [0.29, 0.717) is 19.2 Å². The summed E-state index contributed by atoms with van der Waals surface area (Å²) in [6, 6.07) is 0.464.